The molecule has 1 aliphatic rings. The van der Waals surface area contributed by atoms with E-state index in [1.165, 1.54) is 11.8 Å². The fourth-order valence-electron chi connectivity index (χ4n) is 4.03. The quantitative estimate of drug-likeness (QED) is 0.262. The van der Waals surface area contributed by atoms with Crippen molar-refractivity contribution in [2.75, 3.05) is 42.1 Å². The third-order valence-electron chi connectivity index (χ3n) is 5.98. The highest BCUT2D eigenvalue weighted by atomic mass is 79.9. The molecule has 0 atom stereocenters. The summed E-state index contributed by atoms with van der Waals surface area (Å²) in [6, 6.07) is 22.3. The molecule has 5 rings (SSSR count). The van der Waals surface area contributed by atoms with Crippen LogP contribution in [0.4, 0.5) is 11.4 Å². The number of rotatable bonds is 7. The highest BCUT2D eigenvalue weighted by Crippen LogP contribution is 2.25. The molecule has 11 heteroatoms. The van der Waals surface area contributed by atoms with Gasteiger partial charge >= 0.3 is 0 Å². The topological polar surface area (TPSA) is 91.6 Å². The monoisotopic (exact) mass is 611 g/mol. The number of hydrogen-bond donors (Lipinski definition) is 1. The van der Waals surface area contributed by atoms with Crippen molar-refractivity contribution >= 4 is 62.5 Å². The van der Waals surface area contributed by atoms with Crippen molar-refractivity contribution in [3.8, 4) is 11.5 Å². The van der Waals surface area contributed by atoms with Gasteiger partial charge in [-0.1, -0.05) is 45.4 Å². The summed E-state index contributed by atoms with van der Waals surface area (Å²) in [5.41, 5.74) is 3.20. The second-order valence-corrected chi connectivity index (χ2v) is 10.8. The summed E-state index contributed by atoms with van der Waals surface area (Å²) < 4.78 is 6.53. The highest BCUT2D eigenvalue weighted by molar-refractivity contribution is 9.10. The average Bonchev–Trinajstić information content (AvgIpc) is 3.42. The second kappa shape index (κ2) is 12.0. The molecule has 0 saturated carbocycles. The van der Waals surface area contributed by atoms with Crippen LogP contribution in [-0.4, -0.2) is 58.8 Å². The van der Waals surface area contributed by atoms with E-state index in [4.69, 9.17) is 16.0 Å². The van der Waals surface area contributed by atoms with Crippen LogP contribution in [0.3, 0.4) is 0 Å². The molecule has 0 aliphatic carbocycles. The third-order valence-corrected chi connectivity index (χ3v) is 7.54. The van der Waals surface area contributed by atoms with Crippen molar-refractivity contribution < 1.29 is 14.0 Å². The van der Waals surface area contributed by atoms with Gasteiger partial charge in [-0.3, -0.25) is 9.59 Å². The Labute approximate surface area is 237 Å². The lowest BCUT2D eigenvalue weighted by Crippen LogP contribution is -2.48. The van der Waals surface area contributed by atoms with Crippen molar-refractivity contribution in [3.63, 3.8) is 0 Å². The molecule has 4 aromatic rings. The molecule has 2 amide bonds. The summed E-state index contributed by atoms with van der Waals surface area (Å²) in [7, 11) is 0. The summed E-state index contributed by atoms with van der Waals surface area (Å²) in [5, 5.41) is 11.9. The summed E-state index contributed by atoms with van der Waals surface area (Å²) in [6.45, 7) is 2.78. The average molecular weight is 613 g/mol. The van der Waals surface area contributed by atoms with E-state index in [1.807, 2.05) is 53.4 Å². The number of carbonyl (C=O) groups excluding carboxylic acids is 2. The predicted molar refractivity (Wildman–Crippen MR) is 153 cm³/mol. The minimum absolute atomic E-state index is 0.0450. The molecule has 1 N–H and O–H groups in total. The number of nitrogens with one attached hydrogen (secondary N) is 1. The molecule has 1 aliphatic heterocycles. The number of aromatic nitrogens is 2. The number of carbonyl (C=O) groups is 2. The molecule has 0 unspecified atom stereocenters. The Kier molecular flexibility index (Phi) is 8.31. The van der Waals surface area contributed by atoms with E-state index in [9.17, 15) is 9.59 Å². The molecule has 0 radical (unpaired) electrons. The summed E-state index contributed by atoms with van der Waals surface area (Å²) >= 11 is 10.5. The molecular weight excluding hydrogens is 590 g/mol. The maximum Gasteiger partial charge on any atom is 0.277 e. The molecule has 1 fully saturated rings. The van der Waals surface area contributed by atoms with Gasteiger partial charge < -0.3 is 19.5 Å². The molecule has 0 spiro atoms. The second-order valence-electron chi connectivity index (χ2n) is 8.55. The van der Waals surface area contributed by atoms with Gasteiger partial charge in [0, 0.05) is 58.2 Å². The number of halogens is 2. The van der Waals surface area contributed by atoms with Crippen LogP contribution in [0.1, 0.15) is 10.4 Å². The van der Waals surface area contributed by atoms with E-state index in [0.717, 1.165) is 28.8 Å². The first kappa shape index (κ1) is 26.3. The van der Waals surface area contributed by atoms with Crippen LogP contribution < -0.4 is 10.2 Å². The fourth-order valence-corrected chi connectivity index (χ4v) is 5.12. The molecule has 1 aromatic heterocycles. The maximum atomic E-state index is 12.8. The first-order chi connectivity index (χ1) is 18.4. The van der Waals surface area contributed by atoms with Crippen molar-refractivity contribution in [1.29, 1.82) is 0 Å². The minimum Gasteiger partial charge on any atom is -0.411 e. The van der Waals surface area contributed by atoms with Crippen LogP contribution in [0.5, 0.6) is 0 Å². The van der Waals surface area contributed by atoms with Gasteiger partial charge in [0.2, 0.25) is 11.8 Å². The smallest absolute Gasteiger partial charge is 0.277 e. The minimum atomic E-state index is -0.173. The lowest BCUT2D eigenvalue weighted by molar-refractivity contribution is -0.113. The number of amides is 2. The van der Waals surface area contributed by atoms with E-state index in [1.54, 1.807) is 24.3 Å². The van der Waals surface area contributed by atoms with Gasteiger partial charge in [-0.15, -0.1) is 10.2 Å². The molecule has 8 nitrogen and oxygen atoms in total. The number of thioether (sulfide) groups is 1. The number of anilines is 2. The first-order valence-corrected chi connectivity index (χ1v) is 14.0. The Morgan fingerprint density at radius 1 is 0.974 bits per heavy atom. The van der Waals surface area contributed by atoms with E-state index in [-0.39, 0.29) is 17.6 Å². The zero-order chi connectivity index (χ0) is 26.5. The van der Waals surface area contributed by atoms with Crippen LogP contribution in [0.25, 0.3) is 11.5 Å². The summed E-state index contributed by atoms with van der Waals surface area (Å²) in [4.78, 5) is 29.3. The number of hydrogen-bond acceptors (Lipinski definition) is 7. The molecule has 2 heterocycles. The molecule has 1 saturated heterocycles. The summed E-state index contributed by atoms with van der Waals surface area (Å²) in [5.74, 6) is 0.383. The van der Waals surface area contributed by atoms with Gasteiger partial charge in [0.1, 0.15) is 0 Å². The SMILES string of the molecule is O=C(CSc1nnc(-c2ccc(Cl)cc2)o1)Nc1ccc(N2CCN(C(=O)c3cccc(Br)c3)CC2)cc1. The molecule has 194 valence electrons. The van der Waals surface area contributed by atoms with E-state index in [0.29, 0.717) is 40.5 Å². The van der Waals surface area contributed by atoms with E-state index >= 15 is 0 Å². The van der Waals surface area contributed by atoms with Crippen molar-refractivity contribution in [2.45, 2.75) is 5.22 Å². The van der Waals surface area contributed by atoms with Crippen LogP contribution in [-0.2, 0) is 4.79 Å². The molecule has 38 heavy (non-hydrogen) atoms. The van der Waals surface area contributed by atoms with Crippen molar-refractivity contribution in [2.24, 2.45) is 0 Å². The van der Waals surface area contributed by atoms with Gasteiger partial charge in [0.05, 0.1) is 5.75 Å². The Bertz CT molecular complexity index is 1420. The van der Waals surface area contributed by atoms with E-state index in [2.05, 4.69) is 36.3 Å². The van der Waals surface area contributed by atoms with Crippen molar-refractivity contribution in [1.82, 2.24) is 15.1 Å². The normalized spacial score (nSPS) is 13.4. The Balaban J connectivity index is 1.09. The standard InChI is InChI=1S/C27H23BrClN5O3S/c28-20-3-1-2-19(16-20)26(36)34-14-12-33(13-15-34)23-10-8-22(9-11-23)30-24(35)17-38-27-32-31-25(37-27)18-4-6-21(29)7-5-18/h1-11,16H,12-15,17H2,(H,30,35). The Morgan fingerprint density at radius 2 is 1.71 bits per heavy atom. The van der Waals surface area contributed by atoms with Gasteiger partial charge in [0.15, 0.2) is 0 Å². The fraction of sp³-hybridized carbons (Fsp3) is 0.185. The van der Waals surface area contributed by atoms with Crippen LogP contribution in [0.15, 0.2) is 86.9 Å². The largest absolute Gasteiger partial charge is 0.411 e. The Hall–Kier alpha value is -3.34. The Morgan fingerprint density at radius 3 is 2.42 bits per heavy atom. The lowest BCUT2D eigenvalue weighted by Gasteiger charge is -2.36. The molecular formula is C27H23BrClN5O3S. The van der Waals surface area contributed by atoms with Crippen molar-refractivity contribution in [3.05, 3.63) is 87.9 Å². The van der Waals surface area contributed by atoms with Crippen LogP contribution in [0.2, 0.25) is 5.02 Å². The first-order valence-electron chi connectivity index (χ1n) is 11.9. The maximum absolute atomic E-state index is 12.8. The zero-order valence-electron chi connectivity index (χ0n) is 20.1. The van der Waals surface area contributed by atoms with Crippen LogP contribution in [0, 0.1) is 0 Å². The summed E-state index contributed by atoms with van der Waals surface area (Å²) in [6.07, 6.45) is 0. The van der Waals surface area contributed by atoms with Gasteiger partial charge in [-0.2, -0.15) is 0 Å². The third kappa shape index (κ3) is 6.56. The number of nitrogens with zero attached hydrogens (tertiary/aromatic N) is 4. The highest BCUT2D eigenvalue weighted by Gasteiger charge is 2.22. The van der Waals surface area contributed by atoms with Gasteiger partial charge in [-0.05, 0) is 66.7 Å². The zero-order valence-corrected chi connectivity index (χ0v) is 23.3. The van der Waals surface area contributed by atoms with Gasteiger partial charge in [-0.25, -0.2) is 0 Å². The van der Waals surface area contributed by atoms with E-state index < -0.39 is 0 Å². The van der Waals surface area contributed by atoms with Crippen LogP contribution >= 0.6 is 39.3 Å². The predicted octanol–water partition coefficient (Wildman–Crippen LogP) is 5.85. The molecule has 0 bridgehead atoms. The molecule has 3 aromatic carbocycles. The van der Waals surface area contributed by atoms with Gasteiger partial charge in [0.25, 0.3) is 11.1 Å². The lowest BCUT2D eigenvalue weighted by atomic mass is 10.1. The number of benzene rings is 3. The number of piperazine rings is 1.